The molecular formula is C16Br6O6. The molecular weight excluding hydrogens is 768 g/mol. The molecule has 2 aliphatic rings. The lowest BCUT2D eigenvalue weighted by atomic mass is 9.96. The number of hydrogen-bond acceptors (Lipinski definition) is 6. The van der Waals surface area contributed by atoms with Crippen molar-refractivity contribution in [3.05, 3.63) is 49.1 Å². The molecule has 2 aromatic rings. The maximum Gasteiger partial charge on any atom is 0.348 e. The van der Waals surface area contributed by atoms with Crippen LogP contribution in [0.2, 0.25) is 0 Å². The molecule has 2 aromatic carbocycles. The zero-order valence-electron chi connectivity index (χ0n) is 12.7. The molecule has 0 N–H and O–H groups in total. The number of cyclic esters (lactones) is 4. The van der Waals surface area contributed by atoms with Gasteiger partial charge in [-0.15, -0.1) is 0 Å². The third kappa shape index (κ3) is 2.71. The maximum absolute atomic E-state index is 12.2. The highest BCUT2D eigenvalue weighted by molar-refractivity contribution is 9.13. The van der Waals surface area contributed by atoms with Crippen LogP contribution >= 0.6 is 95.6 Å². The molecule has 2 heterocycles. The molecule has 0 amide bonds. The summed E-state index contributed by atoms with van der Waals surface area (Å²) in [6.07, 6.45) is 0. The molecule has 0 bridgehead atoms. The fourth-order valence-electron chi connectivity index (χ4n) is 2.90. The van der Waals surface area contributed by atoms with Crippen molar-refractivity contribution in [3.8, 4) is 11.1 Å². The van der Waals surface area contributed by atoms with E-state index < -0.39 is 23.9 Å². The minimum absolute atomic E-state index is 0.0455. The second-order valence-electron chi connectivity index (χ2n) is 5.49. The lowest BCUT2D eigenvalue weighted by Crippen LogP contribution is -2.03. The highest BCUT2D eigenvalue weighted by Crippen LogP contribution is 2.53. The molecule has 0 saturated heterocycles. The number of rotatable bonds is 1. The molecule has 0 aliphatic carbocycles. The summed E-state index contributed by atoms with van der Waals surface area (Å²) in [6, 6.07) is 0. The van der Waals surface area contributed by atoms with Crippen molar-refractivity contribution in [2.24, 2.45) is 0 Å². The molecule has 0 radical (unpaired) electrons. The van der Waals surface area contributed by atoms with Gasteiger partial charge in [0.05, 0.1) is 22.3 Å². The zero-order valence-corrected chi connectivity index (χ0v) is 22.2. The molecule has 0 spiro atoms. The Morgan fingerprint density at radius 2 is 0.571 bits per heavy atom. The topological polar surface area (TPSA) is 86.7 Å². The quantitative estimate of drug-likeness (QED) is 0.186. The van der Waals surface area contributed by atoms with Gasteiger partial charge >= 0.3 is 23.9 Å². The van der Waals surface area contributed by atoms with Crippen LogP contribution in [0.15, 0.2) is 26.8 Å². The van der Waals surface area contributed by atoms with Gasteiger partial charge in [-0.2, -0.15) is 0 Å². The first-order chi connectivity index (χ1) is 13.1. The van der Waals surface area contributed by atoms with Crippen LogP contribution in [0.3, 0.4) is 0 Å². The molecule has 0 aromatic heterocycles. The highest BCUT2D eigenvalue weighted by Gasteiger charge is 2.41. The van der Waals surface area contributed by atoms with Gasteiger partial charge in [-0.25, -0.2) is 19.2 Å². The second-order valence-corrected chi connectivity index (χ2v) is 10.2. The van der Waals surface area contributed by atoms with E-state index in [1.807, 2.05) is 0 Å². The van der Waals surface area contributed by atoms with Gasteiger partial charge in [-0.05, 0) is 95.6 Å². The Bertz CT molecular complexity index is 1110. The lowest BCUT2D eigenvalue weighted by Gasteiger charge is -2.18. The first-order valence-corrected chi connectivity index (χ1v) is 11.8. The molecule has 4 rings (SSSR count). The first kappa shape index (κ1) is 20.9. The van der Waals surface area contributed by atoms with E-state index in [1.54, 1.807) is 0 Å². The molecule has 0 unspecified atom stereocenters. The van der Waals surface area contributed by atoms with Gasteiger partial charge in [0.1, 0.15) is 0 Å². The number of carbonyl (C=O) groups is 4. The third-order valence-corrected chi connectivity index (χ3v) is 9.90. The average molecular weight is 768 g/mol. The number of hydrogen-bond donors (Lipinski definition) is 0. The smallest absolute Gasteiger partial charge is 0.348 e. The monoisotopic (exact) mass is 761 g/mol. The van der Waals surface area contributed by atoms with Crippen molar-refractivity contribution in [2.75, 3.05) is 0 Å². The maximum atomic E-state index is 12.2. The van der Waals surface area contributed by atoms with E-state index in [1.165, 1.54) is 0 Å². The van der Waals surface area contributed by atoms with Crippen LogP contribution in [-0.2, 0) is 9.47 Å². The fraction of sp³-hybridized carbons (Fsp3) is 0. The van der Waals surface area contributed by atoms with E-state index in [0.717, 1.165) is 0 Å². The summed E-state index contributed by atoms with van der Waals surface area (Å²) in [5.74, 6) is -3.16. The van der Waals surface area contributed by atoms with Crippen molar-refractivity contribution >= 4 is 119 Å². The van der Waals surface area contributed by atoms with E-state index in [4.69, 9.17) is 9.47 Å². The first-order valence-electron chi connectivity index (χ1n) is 7.02. The standard InChI is InChI=1S/C16Br6O6/c17-7-1(9(19)11(21)5-3(7)13(23)27-15(5)25)2-8(18)4-6(12(22)10(2)20)16(26)28-14(4)24. The van der Waals surface area contributed by atoms with Crippen LogP contribution in [0.4, 0.5) is 0 Å². The van der Waals surface area contributed by atoms with Crippen molar-refractivity contribution in [2.45, 2.75) is 0 Å². The summed E-state index contributed by atoms with van der Waals surface area (Å²) >= 11 is 20.3. The zero-order chi connectivity index (χ0) is 20.7. The van der Waals surface area contributed by atoms with E-state index in [9.17, 15) is 19.2 Å². The third-order valence-electron chi connectivity index (χ3n) is 4.08. The second kappa shape index (κ2) is 7.09. The molecule has 12 heteroatoms. The van der Waals surface area contributed by atoms with Crippen LogP contribution in [0.1, 0.15) is 41.4 Å². The van der Waals surface area contributed by atoms with Crippen molar-refractivity contribution in [3.63, 3.8) is 0 Å². The molecule has 28 heavy (non-hydrogen) atoms. The van der Waals surface area contributed by atoms with E-state index in [0.29, 0.717) is 29.0 Å². The minimum atomic E-state index is -0.802. The number of ether oxygens (including phenoxy) is 2. The summed E-state index contributed by atoms with van der Waals surface area (Å²) in [5.41, 5.74) is 1.12. The van der Waals surface area contributed by atoms with Crippen LogP contribution in [-0.4, -0.2) is 23.9 Å². The van der Waals surface area contributed by atoms with E-state index in [2.05, 4.69) is 95.6 Å². The van der Waals surface area contributed by atoms with Gasteiger partial charge in [0.15, 0.2) is 0 Å². The fourth-order valence-corrected chi connectivity index (χ4v) is 7.25. The number of halogens is 6. The SMILES string of the molecule is O=C1OC(=O)c2c(Br)c(-c3c(Br)c(Br)c4c(c3Br)C(=O)OC4=O)c(Br)c(Br)c21. The minimum Gasteiger partial charge on any atom is -0.386 e. The summed E-state index contributed by atoms with van der Waals surface area (Å²) in [5, 5.41) is 0. The van der Waals surface area contributed by atoms with Gasteiger partial charge in [0, 0.05) is 38.0 Å². The van der Waals surface area contributed by atoms with Crippen LogP contribution in [0, 0.1) is 0 Å². The Morgan fingerprint density at radius 1 is 0.357 bits per heavy atom. The van der Waals surface area contributed by atoms with Crippen molar-refractivity contribution in [1.82, 2.24) is 0 Å². The molecule has 0 fully saturated rings. The Kier molecular flexibility index (Phi) is 5.28. The van der Waals surface area contributed by atoms with Gasteiger partial charge in [0.2, 0.25) is 0 Å². The number of esters is 4. The molecule has 142 valence electrons. The Balaban J connectivity index is 2.17. The summed E-state index contributed by atoms with van der Waals surface area (Å²) < 4.78 is 11.5. The molecule has 0 saturated carbocycles. The van der Waals surface area contributed by atoms with Crippen molar-refractivity contribution < 1.29 is 28.7 Å². The van der Waals surface area contributed by atoms with Crippen LogP contribution < -0.4 is 0 Å². The van der Waals surface area contributed by atoms with Gasteiger partial charge < -0.3 is 9.47 Å². The summed E-state index contributed by atoms with van der Waals surface area (Å²) in [4.78, 5) is 48.5. The van der Waals surface area contributed by atoms with Gasteiger partial charge in [-0.1, -0.05) is 0 Å². The Morgan fingerprint density at radius 3 is 0.857 bits per heavy atom. The largest absolute Gasteiger partial charge is 0.386 e. The Labute approximate surface area is 206 Å². The summed E-state index contributed by atoms with van der Waals surface area (Å²) in [6.45, 7) is 0. The highest BCUT2D eigenvalue weighted by atomic mass is 79.9. The number of carbonyl (C=O) groups excluding carboxylic acids is 4. The Hall–Kier alpha value is -0.400. The predicted octanol–water partition coefficient (Wildman–Crippen LogP) is 6.55. The van der Waals surface area contributed by atoms with E-state index >= 15 is 0 Å². The molecule has 0 atom stereocenters. The van der Waals surface area contributed by atoms with Gasteiger partial charge in [-0.3, -0.25) is 0 Å². The number of benzene rings is 2. The normalized spacial score (nSPS) is 14.9. The summed E-state index contributed by atoms with van der Waals surface area (Å²) in [7, 11) is 0. The van der Waals surface area contributed by atoms with Crippen molar-refractivity contribution in [1.29, 1.82) is 0 Å². The lowest BCUT2D eigenvalue weighted by molar-refractivity contribution is 0.0425. The predicted molar refractivity (Wildman–Crippen MR) is 118 cm³/mol. The van der Waals surface area contributed by atoms with Crippen LogP contribution in [0.5, 0.6) is 0 Å². The number of fused-ring (bicyclic) bond motifs is 2. The van der Waals surface area contributed by atoms with Gasteiger partial charge in [0.25, 0.3) is 0 Å². The van der Waals surface area contributed by atoms with E-state index in [-0.39, 0.29) is 31.2 Å². The molecule has 2 aliphatic heterocycles. The van der Waals surface area contributed by atoms with Crippen LogP contribution in [0.25, 0.3) is 11.1 Å². The molecule has 6 nitrogen and oxygen atoms in total. The average Bonchev–Trinajstić information content (AvgIpc) is 3.09.